The summed E-state index contributed by atoms with van der Waals surface area (Å²) in [6.07, 6.45) is 1.47. The van der Waals surface area contributed by atoms with Gasteiger partial charge in [-0.15, -0.1) is 11.3 Å². The van der Waals surface area contributed by atoms with Crippen molar-refractivity contribution >= 4 is 44.0 Å². The molecule has 1 aromatic carbocycles. The van der Waals surface area contributed by atoms with Crippen LogP contribution in [-0.2, 0) is 10.0 Å². The topological polar surface area (TPSA) is 125 Å². The highest BCUT2D eigenvalue weighted by molar-refractivity contribution is 7.91. The molecule has 39 heavy (non-hydrogen) atoms. The summed E-state index contributed by atoms with van der Waals surface area (Å²) >= 11 is 1.19. The number of rotatable bonds is 8. The molecule has 0 saturated carbocycles. The Kier molecular flexibility index (Phi) is 7.67. The zero-order chi connectivity index (χ0) is 27.7. The van der Waals surface area contributed by atoms with Crippen LogP contribution in [0.4, 0.5) is 5.82 Å². The van der Waals surface area contributed by atoms with Gasteiger partial charge >= 0.3 is 0 Å². The second-order valence-corrected chi connectivity index (χ2v) is 13.1. The number of carbonyl (C=O) groups is 1. The molecule has 0 radical (unpaired) electrons. The lowest BCUT2D eigenvalue weighted by Crippen LogP contribution is -2.50. The molecule has 1 fully saturated rings. The molecule has 1 aliphatic rings. The lowest BCUT2D eigenvalue weighted by molar-refractivity contribution is 0.0829. The van der Waals surface area contributed by atoms with Crippen LogP contribution in [0.3, 0.4) is 0 Å². The van der Waals surface area contributed by atoms with Crippen LogP contribution in [0.25, 0.3) is 21.5 Å². The molecule has 0 spiro atoms. The molecule has 3 aromatic heterocycles. The van der Waals surface area contributed by atoms with E-state index in [4.69, 9.17) is 4.52 Å². The number of nitrogens with zero attached hydrogens (tertiary/aromatic N) is 6. The number of anilines is 1. The van der Waals surface area contributed by atoms with Crippen molar-refractivity contribution in [2.24, 2.45) is 0 Å². The van der Waals surface area contributed by atoms with E-state index in [0.29, 0.717) is 59.6 Å². The summed E-state index contributed by atoms with van der Waals surface area (Å²) in [6.45, 7) is 6.67. The van der Waals surface area contributed by atoms with Gasteiger partial charge in [-0.25, -0.2) is 18.4 Å². The molecule has 11 nitrogen and oxygen atoms in total. The molecule has 0 unspecified atom stereocenters. The Labute approximate surface area is 231 Å². The van der Waals surface area contributed by atoms with Gasteiger partial charge in [0.1, 0.15) is 16.4 Å². The van der Waals surface area contributed by atoms with Crippen molar-refractivity contribution in [2.75, 3.05) is 52.1 Å². The van der Waals surface area contributed by atoms with Gasteiger partial charge in [-0.2, -0.15) is 4.31 Å². The second-order valence-electron chi connectivity index (χ2n) is 9.82. The monoisotopic (exact) mass is 569 g/mol. The highest BCUT2D eigenvalue weighted by Gasteiger charge is 2.30. The van der Waals surface area contributed by atoms with E-state index < -0.39 is 10.0 Å². The zero-order valence-corrected chi connectivity index (χ0v) is 23.9. The van der Waals surface area contributed by atoms with E-state index >= 15 is 0 Å². The van der Waals surface area contributed by atoms with Gasteiger partial charge in [0.05, 0.1) is 21.7 Å². The molecule has 0 aliphatic carbocycles. The summed E-state index contributed by atoms with van der Waals surface area (Å²) in [5.41, 5.74) is 1.89. The van der Waals surface area contributed by atoms with Crippen molar-refractivity contribution < 1.29 is 17.7 Å². The molecule has 1 N–H and O–H groups in total. The normalized spacial score (nSPS) is 15.9. The maximum Gasteiger partial charge on any atom is 0.255 e. The molecule has 1 amide bonds. The number of piperazine rings is 1. The standard InChI is InChI=1S/C26H31N7O4S2/c1-17-14-21(37-30-17)22-8-9-23(38-22)39(35,36)33-12-10-32(11-13-33)15-18(2)29-25-19-6-5-7-20(26(34)31(3)4)24(19)27-16-28-25/h5-9,14,16,18H,10-13,15H2,1-4H3,(H,27,28,29)/t18-/m0/s1. The van der Waals surface area contributed by atoms with Crippen LogP contribution in [-0.4, -0.2) is 96.4 Å². The molecule has 13 heteroatoms. The maximum atomic E-state index is 13.3. The van der Waals surface area contributed by atoms with E-state index in [1.807, 2.05) is 19.1 Å². The second kappa shape index (κ2) is 11.0. The Morgan fingerprint density at radius 1 is 1.15 bits per heavy atom. The van der Waals surface area contributed by atoms with Gasteiger partial charge in [0, 0.05) is 64.3 Å². The van der Waals surface area contributed by atoms with E-state index in [-0.39, 0.29) is 11.9 Å². The Morgan fingerprint density at radius 2 is 1.92 bits per heavy atom. The number of nitrogens with one attached hydrogen (secondary N) is 1. The van der Waals surface area contributed by atoms with Gasteiger partial charge in [-0.05, 0) is 38.1 Å². The number of sulfonamides is 1. The number of hydrogen-bond acceptors (Lipinski definition) is 10. The first-order chi connectivity index (χ1) is 18.6. The van der Waals surface area contributed by atoms with Gasteiger partial charge in [0.2, 0.25) is 0 Å². The SMILES string of the molecule is Cc1cc(-c2ccc(S(=O)(=O)N3CCN(C[C@H](C)Nc4ncnc5c(C(=O)N(C)C)cccc45)CC3)s2)on1. The highest BCUT2D eigenvalue weighted by Crippen LogP contribution is 2.33. The number of carbonyl (C=O) groups excluding carboxylic acids is 1. The van der Waals surface area contributed by atoms with E-state index in [1.165, 1.54) is 22.6 Å². The Hall–Kier alpha value is -3.39. The van der Waals surface area contributed by atoms with Crippen LogP contribution in [0.2, 0.25) is 0 Å². The van der Waals surface area contributed by atoms with Gasteiger partial charge in [0.15, 0.2) is 5.76 Å². The lowest BCUT2D eigenvalue weighted by atomic mass is 10.1. The number of para-hydroxylation sites is 1. The van der Waals surface area contributed by atoms with Gasteiger partial charge in [-0.3, -0.25) is 9.69 Å². The third-order valence-corrected chi connectivity index (χ3v) is 10.1. The number of benzene rings is 1. The van der Waals surface area contributed by atoms with Crippen molar-refractivity contribution in [1.82, 2.24) is 29.2 Å². The summed E-state index contributed by atoms with van der Waals surface area (Å²) in [6, 6.07) is 10.7. The molecular formula is C26H31N7O4S2. The smallest absolute Gasteiger partial charge is 0.255 e. The van der Waals surface area contributed by atoms with Crippen LogP contribution < -0.4 is 5.32 Å². The molecule has 0 bridgehead atoms. The number of aryl methyl sites for hydroxylation is 1. The maximum absolute atomic E-state index is 13.3. The van der Waals surface area contributed by atoms with Crippen LogP contribution in [0.5, 0.6) is 0 Å². The van der Waals surface area contributed by atoms with E-state index in [9.17, 15) is 13.2 Å². The largest absolute Gasteiger partial charge is 0.366 e. The van der Waals surface area contributed by atoms with E-state index in [1.54, 1.807) is 42.7 Å². The molecular weight excluding hydrogens is 538 g/mol. The van der Waals surface area contributed by atoms with Crippen LogP contribution >= 0.6 is 11.3 Å². The summed E-state index contributed by atoms with van der Waals surface area (Å²) in [4.78, 5) is 25.9. The minimum absolute atomic E-state index is 0.0321. The minimum atomic E-state index is -3.58. The van der Waals surface area contributed by atoms with Crippen molar-refractivity contribution in [3.05, 3.63) is 54.0 Å². The van der Waals surface area contributed by atoms with Crippen molar-refractivity contribution in [2.45, 2.75) is 24.1 Å². The third-order valence-electron chi connectivity index (χ3n) is 6.59. The fourth-order valence-corrected chi connectivity index (χ4v) is 7.46. The number of thiophene rings is 1. The predicted molar refractivity (Wildman–Crippen MR) is 150 cm³/mol. The lowest BCUT2D eigenvalue weighted by Gasteiger charge is -2.35. The summed E-state index contributed by atoms with van der Waals surface area (Å²) in [7, 11) is -0.157. The Morgan fingerprint density at radius 3 is 2.62 bits per heavy atom. The predicted octanol–water partition coefficient (Wildman–Crippen LogP) is 3.16. The Balaban J connectivity index is 1.20. The van der Waals surface area contributed by atoms with Crippen molar-refractivity contribution in [3.63, 3.8) is 0 Å². The summed E-state index contributed by atoms with van der Waals surface area (Å²) < 4.78 is 33.7. The van der Waals surface area contributed by atoms with Crippen molar-refractivity contribution in [3.8, 4) is 10.6 Å². The van der Waals surface area contributed by atoms with Crippen LogP contribution in [0, 0.1) is 6.92 Å². The molecule has 4 aromatic rings. The first-order valence-electron chi connectivity index (χ1n) is 12.6. The van der Waals surface area contributed by atoms with Crippen molar-refractivity contribution in [1.29, 1.82) is 0 Å². The van der Waals surface area contributed by atoms with Gasteiger partial charge < -0.3 is 14.7 Å². The third kappa shape index (κ3) is 5.66. The molecule has 1 atom stereocenters. The van der Waals surface area contributed by atoms with E-state index in [2.05, 4.69) is 32.3 Å². The first kappa shape index (κ1) is 27.2. The fourth-order valence-electron chi connectivity index (χ4n) is 4.63. The average Bonchev–Trinajstić information content (AvgIpc) is 3.58. The summed E-state index contributed by atoms with van der Waals surface area (Å²) in [5, 5.41) is 8.12. The average molecular weight is 570 g/mol. The van der Waals surface area contributed by atoms with E-state index in [0.717, 1.165) is 16.0 Å². The number of amides is 1. The molecule has 1 aliphatic heterocycles. The van der Waals surface area contributed by atoms with Crippen LogP contribution in [0.15, 0.2) is 51.5 Å². The molecule has 1 saturated heterocycles. The fraction of sp³-hybridized carbons (Fsp3) is 0.385. The summed E-state index contributed by atoms with van der Waals surface area (Å²) in [5.74, 6) is 1.12. The number of hydrogen-bond donors (Lipinski definition) is 1. The molecule has 206 valence electrons. The quantitative estimate of drug-likeness (QED) is 0.341. The van der Waals surface area contributed by atoms with Gasteiger partial charge in [0.25, 0.3) is 15.9 Å². The molecule has 4 heterocycles. The minimum Gasteiger partial charge on any atom is -0.366 e. The number of fused-ring (bicyclic) bond motifs is 1. The Bertz CT molecular complexity index is 1590. The highest BCUT2D eigenvalue weighted by atomic mass is 32.2. The molecule has 5 rings (SSSR count). The number of aromatic nitrogens is 3. The zero-order valence-electron chi connectivity index (χ0n) is 22.3. The van der Waals surface area contributed by atoms with Crippen LogP contribution in [0.1, 0.15) is 23.0 Å². The first-order valence-corrected chi connectivity index (χ1v) is 14.9. The van der Waals surface area contributed by atoms with Gasteiger partial charge in [-0.1, -0.05) is 11.2 Å².